The smallest absolute Gasteiger partial charge is 0.374 e. The highest BCUT2D eigenvalue weighted by atomic mass is 79.9. The Morgan fingerprint density at radius 3 is 2.42 bits per heavy atom. The Bertz CT molecular complexity index is 1810. The maximum atomic E-state index is 14.2. The minimum absolute atomic E-state index is 0.0266. The summed E-state index contributed by atoms with van der Waals surface area (Å²) in [5, 5.41) is 0.907. The molecule has 3 heterocycles. The summed E-state index contributed by atoms with van der Waals surface area (Å²) in [6.07, 6.45) is 2.93. The van der Waals surface area contributed by atoms with Crippen LogP contribution in [0, 0.1) is 6.92 Å². The molecule has 0 unspecified atom stereocenters. The van der Waals surface area contributed by atoms with Crippen molar-refractivity contribution < 1.29 is 31.6 Å². The van der Waals surface area contributed by atoms with Crippen LogP contribution in [0.3, 0.4) is 0 Å². The van der Waals surface area contributed by atoms with Crippen molar-refractivity contribution in [3.63, 3.8) is 0 Å². The van der Waals surface area contributed by atoms with Gasteiger partial charge in [-0.25, -0.2) is 18.0 Å². The number of piperidine rings is 1. The van der Waals surface area contributed by atoms with Gasteiger partial charge in [-0.15, -0.1) is 0 Å². The van der Waals surface area contributed by atoms with Crippen LogP contribution in [0.4, 0.5) is 10.5 Å². The predicted octanol–water partition coefficient (Wildman–Crippen LogP) is 7.75. The van der Waals surface area contributed by atoms with Crippen molar-refractivity contribution in [3.8, 4) is 0 Å². The molecule has 0 radical (unpaired) electrons. The molecule has 4 aromatic rings. The number of anilines is 1. The van der Waals surface area contributed by atoms with Crippen LogP contribution in [-0.2, 0) is 27.8 Å². The second kappa shape index (κ2) is 13.9. The molecule has 0 spiro atoms. The molecule has 2 aromatic heterocycles. The molecular formula is C32H35BrClN3O7S. The molecule has 0 saturated carbocycles. The summed E-state index contributed by atoms with van der Waals surface area (Å²) in [4.78, 5) is 29.7. The van der Waals surface area contributed by atoms with E-state index >= 15 is 0 Å². The number of esters is 1. The normalized spacial score (nSPS) is 13.7. The lowest BCUT2D eigenvalue weighted by Crippen LogP contribution is -2.45. The van der Waals surface area contributed by atoms with Crippen molar-refractivity contribution in [2.24, 2.45) is 0 Å². The average Bonchev–Trinajstić information content (AvgIpc) is 3.59. The van der Waals surface area contributed by atoms with Crippen LogP contribution in [0.2, 0.25) is 5.02 Å². The fourth-order valence-corrected chi connectivity index (χ4v) is 7.65. The number of hydrogen-bond acceptors (Lipinski definition) is 7. The largest absolute Gasteiger partial charge is 0.460 e. The second-order valence-corrected chi connectivity index (χ2v) is 13.8. The van der Waals surface area contributed by atoms with Gasteiger partial charge in [-0.2, -0.15) is 0 Å². The highest BCUT2D eigenvalue weighted by Crippen LogP contribution is 2.34. The van der Waals surface area contributed by atoms with Gasteiger partial charge in [0, 0.05) is 35.6 Å². The number of nitrogens with zero attached hydrogens (tertiary/aromatic N) is 3. The van der Waals surface area contributed by atoms with Gasteiger partial charge in [0.1, 0.15) is 11.3 Å². The summed E-state index contributed by atoms with van der Waals surface area (Å²) in [6.45, 7) is 7.02. The number of carbonyl (C=O) groups excluding carboxylic acids is 2. The van der Waals surface area contributed by atoms with Crippen LogP contribution in [0.25, 0.3) is 11.0 Å². The molecular weight excluding hydrogens is 686 g/mol. The molecule has 2 amide bonds. The zero-order valence-electron chi connectivity index (χ0n) is 25.3. The van der Waals surface area contributed by atoms with Crippen molar-refractivity contribution >= 4 is 66.2 Å². The lowest BCUT2D eigenvalue weighted by atomic mass is 10.1. The first-order chi connectivity index (χ1) is 21.5. The molecule has 1 aliphatic heterocycles. The topological polar surface area (TPSA) is 114 Å². The van der Waals surface area contributed by atoms with Gasteiger partial charge < -0.3 is 23.4 Å². The van der Waals surface area contributed by atoms with Gasteiger partial charge in [-0.1, -0.05) is 11.6 Å². The first-order valence-corrected chi connectivity index (χ1v) is 17.4. The van der Waals surface area contributed by atoms with E-state index in [4.69, 9.17) is 25.2 Å². The van der Waals surface area contributed by atoms with Gasteiger partial charge in [-0.05, 0) is 110 Å². The van der Waals surface area contributed by atoms with Crippen LogP contribution >= 0.6 is 27.5 Å². The summed E-state index contributed by atoms with van der Waals surface area (Å²) in [7, 11) is -4.11. The standard InChI is InChI=1S/C32H35BrClN3O7S/c1-4-37(45(40,41)25-11-13-28-26(18-25)21(3)30(44-28)31(38)42-5-2)27-12-9-23(34)17-22(27)19-36(20-24-10-14-29(33)43-24)32(39)35-15-7-6-8-16-35/h9-14,17-18H,4-8,15-16,19-20H2,1-3H3. The van der Waals surface area contributed by atoms with E-state index in [1.54, 1.807) is 56.0 Å². The Balaban J connectivity index is 1.52. The molecule has 0 aliphatic carbocycles. The lowest BCUT2D eigenvalue weighted by molar-refractivity contribution is 0.0491. The number of sulfonamides is 1. The number of halogens is 2. The van der Waals surface area contributed by atoms with Gasteiger partial charge in [0.15, 0.2) is 4.67 Å². The number of fused-ring (bicyclic) bond motifs is 1. The van der Waals surface area contributed by atoms with Gasteiger partial charge in [-0.3, -0.25) is 4.31 Å². The zero-order chi connectivity index (χ0) is 32.3. The van der Waals surface area contributed by atoms with E-state index in [0.29, 0.717) is 56.3 Å². The predicted molar refractivity (Wildman–Crippen MR) is 175 cm³/mol. The maximum Gasteiger partial charge on any atom is 0.374 e. The molecule has 0 atom stereocenters. The van der Waals surface area contributed by atoms with Gasteiger partial charge >= 0.3 is 12.0 Å². The van der Waals surface area contributed by atoms with Gasteiger partial charge in [0.05, 0.1) is 30.3 Å². The SMILES string of the molecule is CCOC(=O)c1oc2ccc(S(=O)(=O)N(CC)c3ccc(Cl)cc3CN(Cc3ccc(Br)o3)C(=O)N3CCCCC3)cc2c1C. The Hall–Kier alpha value is -3.48. The Labute approximate surface area is 276 Å². The van der Waals surface area contributed by atoms with E-state index in [2.05, 4.69) is 15.9 Å². The fraction of sp³-hybridized carbons (Fsp3) is 0.375. The number of benzene rings is 2. The highest BCUT2D eigenvalue weighted by Gasteiger charge is 2.30. The monoisotopic (exact) mass is 719 g/mol. The van der Waals surface area contributed by atoms with Crippen molar-refractivity contribution in [1.29, 1.82) is 0 Å². The average molecular weight is 721 g/mol. The Kier molecular flexibility index (Phi) is 10.1. The van der Waals surface area contributed by atoms with Crippen molar-refractivity contribution in [2.45, 2.75) is 58.0 Å². The third-order valence-electron chi connectivity index (χ3n) is 7.79. The number of furan rings is 2. The number of hydrogen-bond donors (Lipinski definition) is 0. The summed E-state index contributed by atoms with van der Waals surface area (Å²) in [5.41, 5.74) is 1.83. The van der Waals surface area contributed by atoms with Gasteiger partial charge in [0.2, 0.25) is 5.76 Å². The van der Waals surface area contributed by atoms with E-state index in [9.17, 15) is 18.0 Å². The number of urea groups is 1. The molecule has 2 aromatic carbocycles. The summed E-state index contributed by atoms with van der Waals surface area (Å²) in [5.74, 6) is 0.0136. The second-order valence-electron chi connectivity index (χ2n) is 10.8. The third-order valence-corrected chi connectivity index (χ3v) is 10.3. The van der Waals surface area contributed by atoms with Crippen LogP contribution in [-0.4, -0.2) is 56.5 Å². The molecule has 1 saturated heterocycles. The summed E-state index contributed by atoms with van der Waals surface area (Å²) in [6, 6.07) is 12.9. The van der Waals surface area contributed by atoms with Crippen LogP contribution < -0.4 is 4.31 Å². The van der Waals surface area contributed by atoms with Crippen molar-refractivity contribution in [2.75, 3.05) is 30.5 Å². The highest BCUT2D eigenvalue weighted by molar-refractivity contribution is 9.10. The van der Waals surface area contributed by atoms with E-state index in [-0.39, 0.29) is 42.9 Å². The number of rotatable bonds is 10. The number of likely N-dealkylation sites (tertiary alicyclic amines) is 1. The fourth-order valence-electron chi connectivity index (χ4n) is 5.58. The molecule has 45 heavy (non-hydrogen) atoms. The van der Waals surface area contributed by atoms with Crippen LogP contribution in [0.15, 0.2) is 66.9 Å². The lowest BCUT2D eigenvalue weighted by Gasteiger charge is -2.34. The van der Waals surface area contributed by atoms with Crippen molar-refractivity contribution in [3.05, 3.63) is 80.9 Å². The quantitative estimate of drug-likeness (QED) is 0.154. The van der Waals surface area contributed by atoms with E-state index in [1.807, 2.05) is 4.90 Å². The van der Waals surface area contributed by atoms with Crippen LogP contribution in [0.1, 0.15) is 60.6 Å². The molecule has 10 nitrogen and oxygen atoms in total. The number of amides is 2. The maximum absolute atomic E-state index is 14.2. The summed E-state index contributed by atoms with van der Waals surface area (Å²) >= 11 is 9.78. The number of aryl methyl sites for hydroxylation is 1. The van der Waals surface area contributed by atoms with Crippen molar-refractivity contribution in [1.82, 2.24) is 9.80 Å². The molecule has 13 heteroatoms. The first-order valence-electron chi connectivity index (χ1n) is 14.8. The zero-order valence-corrected chi connectivity index (χ0v) is 28.5. The van der Waals surface area contributed by atoms with Crippen LogP contribution in [0.5, 0.6) is 0 Å². The van der Waals surface area contributed by atoms with Gasteiger partial charge in [0.25, 0.3) is 10.0 Å². The Morgan fingerprint density at radius 2 is 1.76 bits per heavy atom. The molecule has 240 valence electrons. The first kappa shape index (κ1) is 32.9. The number of ether oxygens (including phenoxy) is 1. The third kappa shape index (κ3) is 7.02. The van der Waals surface area contributed by atoms with E-state index < -0.39 is 16.0 Å². The summed E-state index contributed by atoms with van der Waals surface area (Å²) < 4.78 is 46.8. The molecule has 1 fully saturated rings. The molecule has 0 N–H and O–H groups in total. The Morgan fingerprint density at radius 1 is 1.00 bits per heavy atom. The molecule has 1 aliphatic rings. The minimum Gasteiger partial charge on any atom is -0.460 e. The molecule has 5 rings (SSSR count). The molecule has 0 bridgehead atoms. The van der Waals surface area contributed by atoms with E-state index in [0.717, 1.165) is 19.3 Å². The minimum atomic E-state index is -4.11. The van der Waals surface area contributed by atoms with E-state index in [1.165, 1.54) is 22.5 Å². The number of carbonyl (C=O) groups is 2.